The van der Waals surface area contributed by atoms with E-state index in [1.54, 1.807) is 11.8 Å². The molecule has 0 saturated heterocycles. The van der Waals surface area contributed by atoms with E-state index in [-0.39, 0.29) is 5.82 Å². The van der Waals surface area contributed by atoms with Gasteiger partial charge >= 0.3 is 0 Å². The highest BCUT2D eigenvalue weighted by Gasteiger charge is 2.06. The molecule has 1 aromatic rings. The smallest absolute Gasteiger partial charge is 0.127 e. The van der Waals surface area contributed by atoms with E-state index in [0.717, 1.165) is 18.2 Å². The summed E-state index contributed by atoms with van der Waals surface area (Å²) in [4.78, 5) is 0. The summed E-state index contributed by atoms with van der Waals surface area (Å²) < 4.78 is 26.1. The Kier molecular flexibility index (Phi) is 5.77. The van der Waals surface area contributed by atoms with Gasteiger partial charge in [0.1, 0.15) is 11.6 Å². The summed E-state index contributed by atoms with van der Waals surface area (Å²) in [6.45, 7) is 2.42. The molecule has 0 heterocycles. The number of benzene rings is 1. The molecule has 1 N–H and O–H groups in total. The number of thioether (sulfide) groups is 1. The average molecular weight is 245 g/mol. The number of nitrogens with one attached hydrogen (secondary N) is 1. The van der Waals surface area contributed by atoms with E-state index in [1.807, 2.05) is 6.92 Å². The van der Waals surface area contributed by atoms with Crippen molar-refractivity contribution in [2.45, 2.75) is 25.9 Å². The SMILES string of the molecule is CSCCC(C)NCc1cc(F)ccc1F. The topological polar surface area (TPSA) is 12.0 Å². The lowest BCUT2D eigenvalue weighted by Gasteiger charge is -2.13. The highest BCUT2D eigenvalue weighted by atomic mass is 32.2. The molecule has 1 atom stereocenters. The van der Waals surface area contributed by atoms with Gasteiger partial charge < -0.3 is 5.32 Å². The number of hydrogen-bond acceptors (Lipinski definition) is 2. The van der Waals surface area contributed by atoms with Gasteiger partial charge in [0.2, 0.25) is 0 Å². The fourth-order valence-electron chi connectivity index (χ4n) is 1.36. The third-order valence-corrected chi connectivity index (χ3v) is 3.05. The van der Waals surface area contributed by atoms with E-state index in [0.29, 0.717) is 18.2 Å². The fourth-order valence-corrected chi connectivity index (χ4v) is 1.95. The largest absolute Gasteiger partial charge is 0.310 e. The van der Waals surface area contributed by atoms with Gasteiger partial charge in [-0.2, -0.15) is 11.8 Å². The van der Waals surface area contributed by atoms with Crippen LogP contribution in [-0.2, 0) is 6.54 Å². The van der Waals surface area contributed by atoms with Crippen LogP contribution in [0.5, 0.6) is 0 Å². The Bertz CT molecular complexity index is 331. The molecule has 1 rings (SSSR count). The van der Waals surface area contributed by atoms with Crippen LogP contribution in [0.1, 0.15) is 18.9 Å². The van der Waals surface area contributed by atoms with Gasteiger partial charge in [-0.25, -0.2) is 8.78 Å². The van der Waals surface area contributed by atoms with Gasteiger partial charge in [-0.15, -0.1) is 0 Å². The second-order valence-electron chi connectivity index (χ2n) is 3.80. The van der Waals surface area contributed by atoms with Crippen LogP contribution >= 0.6 is 11.8 Å². The molecule has 0 aliphatic rings. The van der Waals surface area contributed by atoms with Crippen LogP contribution in [0.15, 0.2) is 18.2 Å². The second kappa shape index (κ2) is 6.86. The minimum atomic E-state index is -0.394. The molecular formula is C12H17F2NS. The predicted octanol–water partition coefficient (Wildman–Crippen LogP) is 3.20. The highest BCUT2D eigenvalue weighted by molar-refractivity contribution is 7.98. The highest BCUT2D eigenvalue weighted by Crippen LogP contribution is 2.10. The first-order valence-corrected chi connectivity index (χ1v) is 6.69. The van der Waals surface area contributed by atoms with E-state index in [9.17, 15) is 8.78 Å². The minimum absolute atomic E-state index is 0.315. The lowest BCUT2D eigenvalue weighted by atomic mass is 10.2. The first-order chi connectivity index (χ1) is 7.63. The van der Waals surface area contributed by atoms with Crippen LogP contribution in [0.2, 0.25) is 0 Å². The average Bonchev–Trinajstić information content (AvgIpc) is 2.27. The maximum absolute atomic E-state index is 13.3. The Balaban J connectivity index is 2.44. The van der Waals surface area contributed by atoms with Crippen molar-refractivity contribution in [3.63, 3.8) is 0 Å². The fraction of sp³-hybridized carbons (Fsp3) is 0.500. The molecule has 16 heavy (non-hydrogen) atoms. The first kappa shape index (κ1) is 13.5. The van der Waals surface area contributed by atoms with Gasteiger partial charge in [-0.05, 0) is 43.6 Å². The van der Waals surface area contributed by atoms with Gasteiger partial charge in [0, 0.05) is 18.2 Å². The zero-order valence-electron chi connectivity index (χ0n) is 9.59. The molecule has 0 fully saturated rings. The Labute approximate surface area is 99.6 Å². The quantitative estimate of drug-likeness (QED) is 0.826. The molecule has 0 amide bonds. The molecule has 0 aliphatic carbocycles. The summed E-state index contributed by atoms with van der Waals surface area (Å²) >= 11 is 1.78. The molecule has 0 aromatic heterocycles. The molecule has 90 valence electrons. The van der Waals surface area contributed by atoms with Crippen molar-refractivity contribution in [2.24, 2.45) is 0 Å². The van der Waals surface area contributed by atoms with Crippen LogP contribution in [0.3, 0.4) is 0 Å². The van der Waals surface area contributed by atoms with E-state index in [1.165, 1.54) is 12.1 Å². The molecule has 1 aromatic carbocycles. The summed E-state index contributed by atoms with van der Waals surface area (Å²) in [6.07, 6.45) is 3.08. The van der Waals surface area contributed by atoms with Crippen molar-refractivity contribution in [3.8, 4) is 0 Å². The lowest BCUT2D eigenvalue weighted by molar-refractivity contribution is 0.514. The van der Waals surface area contributed by atoms with Gasteiger partial charge in [0.15, 0.2) is 0 Å². The van der Waals surface area contributed by atoms with Crippen molar-refractivity contribution in [1.82, 2.24) is 5.32 Å². The molecule has 4 heteroatoms. The maximum Gasteiger partial charge on any atom is 0.127 e. The Morgan fingerprint density at radius 1 is 1.38 bits per heavy atom. The summed E-state index contributed by atoms with van der Waals surface area (Å²) in [7, 11) is 0. The summed E-state index contributed by atoms with van der Waals surface area (Å²) in [5.41, 5.74) is 0.385. The van der Waals surface area contributed by atoms with Crippen molar-refractivity contribution < 1.29 is 8.78 Å². The molecule has 0 aliphatic heterocycles. The van der Waals surface area contributed by atoms with Crippen LogP contribution < -0.4 is 5.32 Å². The molecule has 0 spiro atoms. The van der Waals surface area contributed by atoms with Gasteiger partial charge in [-0.3, -0.25) is 0 Å². The molecule has 0 radical (unpaired) electrons. The molecular weight excluding hydrogens is 228 g/mol. The standard InChI is InChI=1S/C12H17F2NS/c1-9(5-6-16-2)15-8-10-7-11(13)3-4-12(10)14/h3-4,7,9,15H,5-6,8H2,1-2H3. The van der Waals surface area contributed by atoms with Crippen molar-refractivity contribution in [3.05, 3.63) is 35.4 Å². The Morgan fingerprint density at radius 2 is 2.12 bits per heavy atom. The second-order valence-corrected chi connectivity index (χ2v) is 4.78. The van der Waals surface area contributed by atoms with Gasteiger partial charge in [0.25, 0.3) is 0 Å². The molecule has 1 nitrogen and oxygen atoms in total. The van der Waals surface area contributed by atoms with E-state index in [2.05, 4.69) is 11.6 Å². The number of halogens is 2. The summed E-state index contributed by atoms with van der Waals surface area (Å²) in [5, 5.41) is 3.18. The Morgan fingerprint density at radius 3 is 2.81 bits per heavy atom. The maximum atomic E-state index is 13.3. The minimum Gasteiger partial charge on any atom is -0.310 e. The summed E-state index contributed by atoms with van der Waals surface area (Å²) in [5.74, 6) is 0.320. The summed E-state index contributed by atoms with van der Waals surface area (Å²) in [6, 6.07) is 3.86. The van der Waals surface area contributed by atoms with E-state index in [4.69, 9.17) is 0 Å². The lowest BCUT2D eigenvalue weighted by Crippen LogP contribution is -2.26. The molecule has 0 bridgehead atoms. The third-order valence-electron chi connectivity index (χ3n) is 2.40. The van der Waals surface area contributed by atoms with Crippen LogP contribution in [0, 0.1) is 11.6 Å². The Hall–Kier alpha value is -0.610. The van der Waals surface area contributed by atoms with E-state index < -0.39 is 5.82 Å². The normalized spacial score (nSPS) is 12.8. The molecule has 0 saturated carbocycles. The van der Waals surface area contributed by atoms with E-state index >= 15 is 0 Å². The monoisotopic (exact) mass is 245 g/mol. The zero-order valence-corrected chi connectivity index (χ0v) is 10.4. The van der Waals surface area contributed by atoms with Gasteiger partial charge in [-0.1, -0.05) is 0 Å². The van der Waals surface area contributed by atoms with Crippen molar-refractivity contribution >= 4 is 11.8 Å². The van der Waals surface area contributed by atoms with Crippen molar-refractivity contribution in [1.29, 1.82) is 0 Å². The van der Waals surface area contributed by atoms with Crippen LogP contribution in [0.25, 0.3) is 0 Å². The number of rotatable bonds is 6. The predicted molar refractivity (Wildman–Crippen MR) is 65.7 cm³/mol. The third kappa shape index (κ3) is 4.49. The molecule has 1 unspecified atom stereocenters. The van der Waals surface area contributed by atoms with Crippen LogP contribution in [0.4, 0.5) is 8.78 Å². The van der Waals surface area contributed by atoms with Gasteiger partial charge in [0.05, 0.1) is 0 Å². The number of hydrogen-bond donors (Lipinski definition) is 1. The van der Waals surface area contributed by atoms with Crippen molar-refractivity contribution in [2.75, 3.05) is 12.0 Å². The van der Waals surface area contributed by atoms with Crippen LogP contribution in [-0.4, -0.2) is 18.1 Å². The zero-order chi connectivity index (χ0) is 12.0. The first-order valence-electron chi connectivity index (χ1n) is 5.29.